The Bertz CT molecular complexity index is 636. The van der Waals surface area contributed by atoms with Crippen molar-refractivity contribution in [3.63, 3.8) is 0 Å². The van der Waals surface area contributed by atoms with Gasteiger partial charge in [-0.2, -0.15) is 0 Å². The predicted molar refractivity (Wildman–Crippen MR) is 71.1 cm³/mol. The molecule has 7 nitrogen and oxygen atoms in total. The van der Waals surface area contributed by atoms with Gasteiger partial charge in [0.15, 0.2) is 11.4 Å². The molecule has 0 aliphatic heterocycles. The minimum Gasteiger partial charge on any atom is -0.492 e. The summed E-state index contributed by atoms with van der Waals surface area (Å²) in [6.07, 6.45) is 1.16. The number of amides is 1. The number of para-hydroxylation sites is 2. The minimum atomic E-state index is -1.24. The van der Waals surface area contributed by atoms with Gasteiger partial charge in [0, 0.05) is 0 Å². The first-order valence-corrected chi connectivity index (χ1v) is 5.93. The number of carbonyl (C=O) groups excluding carboxylic acids is 1. The van der Waals surface area contributed by atoms with Gasteiger partial charge in [-0.3, -0.25) is 4.79 Å². The summed E-state index contributed by atoms with van der Waals surface area (Å²) in [5, 5.41) is 11.5. The molecule has 0 saturated heterocycles. The van der Waals surface area contributed by atoms with Crippen LogP contribution < -0.4 is 10.1 Å². The number of benzene rings is 1. The van der Waals surface area contributed by atoms with E-state index in [0.29, 0.717) is 18.0 Å². The summed E-state index contributed by atoms with van der Waals surface area (Å²) < 4.78 is 5.37. The molecule has 0 unspecified atom stereocenters. The molecule has 1 aromatic carbocycles. The first-order chi connectivity index (χ1) is 9.63. The lowest BCUT2D eigenvalue weighted by Gasteiger charge is -2.10. The molecule has 1 aromatic heterocycles. The Hall–Kier alpha value is -2.83. The third kappa shape index (κ3) is 2.77. The molecule has 2 rings (SSSR count). The number of aromatic carboxylic acids is 1. The third-order valence-corrected chi connectivity index (χ3v) is 2.50. The van der Waals surface area contributed by atoms with E-state index in [1.54, 1.807) is 24.3 Å². The summed E-state index contributed by atoms with van der Waals surface area (Å²) in [4.78, 5) is 29.1. The highest BCUT2D eigenvalue weighted by Crippen LogP contribution is 2.24. The van der Waals surface area contributed by atoms with E-state index in [1.807, 2.05) is 6.92 Å². The molecule has 0 aliphatic carbocycles. The van der Waals surface area contributed by atoms with Gasteiger partial charge in [0.1, 0.15) is 5.75 Å². The number of ether oxygens (including phenoxy) is 1. The number of carboxylic acids is 1. The van der Waals surface area contributed by atoms with Crippen molar-refractivity contribution in [2.45, 2.75) is 6.92 Å². The number of H-pyrrole nitrogens is 1. The van der Waals surface area contributed by atoms with Crippen molar-refractivity contribution < 1.29 is 19.4 Å². The normalized spacial score (nSPS) is 10.1. The van der Waals surface area contributed by atoms with Crippen molar-refractivity contribution in [3.05, 3.63) is 42.0 Å². The summed E-state index contributed by atoms with van der Waals surface area (Å²) in [5.41, 5.74) is 0.0267. The second-order valence-electron chi connectivity index (χ2n) is 3.81. The quantitative estimate of drug-likeness (QED) is 0.771. The van der Waals surface area contributed by atoms with Crippen LogP contribution in [-0.4, -0.2) is 33.6 Å². The zero-order valence-corrected chi connectivity index (χ0v) is 10.7. The number of aromatic nitrogens is 2. The molecule has 0 saturated carbocycles. The monoisotopic (exact) mass is 275 g/mol. The molecule has 0 atom stereocenters. The molecule has 0 radical (unpaired) electrons. The third-order valence-electron chi connectivity index (χ3n) is 2.50. The number of imidazole rings is 1. The molecule has 1 amide bonds. The van der Waals surface area contributed by atoms with E-state index < -0.39 is 11.9 Å². The SMILES string of the molecule is CCOc1ccccc1NC(=O)c1nc[nH]c1C(=O)O. The summed E-state index contributed by atoms with van der Waals surface area (Å²) >= 11 is 0. The molecule has 104 valence electrons. The van der Waals surface area contributed by atoms with Gasteiger partial charge in [-0.1, -0.05) is 12.1 Å². The van der Waals surface area contributed by atoms with Crippen LogP contribution in [0.1, 0.15) is 27.9 Å². The van der Waals surface area contributed by atoms with E-state index in [1.165, 1.54) is 0 Å². The molecular formula is C13H13N3O4. The fourth-order valence-corrected chi connectivity index (χ4v) is 1.66. The molecule has 1 heterocycles. The number of hydrogen-bond acceptors (Lipinski definition) is 4. The number of aromatic amines is 1. The molecule has 0 bridgehead atoms. The van der Waals surface area contributed by atoms with Crippen LogP contribution in [0.15, 0.2) is 30.6 Å². The van der Waals surface area contributed by atoms with Crippen LogP contribution >= 0.6 is 0 Å². The van der Waals surface area contributed by atoms with E-state index in [4.69, 9.17) is 9.84 Å². The lowest BCUT2D eigenvalue weighted by Crippen LogP contribution is -2.17. The maximum Gasteiger partial charge on any atom is 0.354 e. The zero-order chi connectivity index (χ0) is 14.5. The molecule has 3 N–H and O–H groups in total. The van der Waals surface area contributed by atoms with Gasteiger partial charge in [0.05, 0.1) is 18.6 Å². The number of carboxylic acid groups (broad SMARTS) is 1. The average Bonchev–Trinajstić information content (AvgIpc) is 2.91. The Morgan fingerprint density at radius 3 is 2.85 bits per heavy atom. The number of rotatable bonds is 5. The second kappa shape index (κ2) is 5.87. The van der Waals surface area contributed by atoms with Gasteiger partial charge >= 0.3 is 5.97 Å². The molecule has 0 fully saturated rings. The Labute approximate surface area is 114 Å². The predicted octanol–water partition coefficient (Wildman–Crippen LogP) is 1.76. The highest BCUT2D eigenvalue weighted by atomic mass is 16.5. The molecule has 0 aliphatic rings. The van der Waals surface area contributed by atoms with Crippen LogP contribution in [0, 0.1) is 0 Å². The van der Waals surface area contributed by atoms with E-state index >= 15 is 0 Å². The lowest BCUT2D eigenvalue weighted by atomic mass is 10.2. The van der Waals surface area contributed by atoms with Crippen LogP contribution in [0.25, 0.3) is 0 Å². The highest BCUT2D eigenvalue weighted by molar-refractivity contribution is 6.09. The van der Waals surface area contributed by atoms with E-state index in [9.17, 15) is 9.59 Å². The van der Waals surface area contributed by atoms with Crippen molar-refractivity contribution >= 4 is 17.6 Å². The molecule has 7 heteroatoms. The molecule has 20 heavy (non-hydrogen) atoms. The number of nitrogens with zero attached hydrogens (tertiary/aromatic N) is 1. The Balaban J connectivity index is 2.24. The number of anilines is 1. The van der Waals surface area contributed by atoms with E-state index in [0.717, 1.165) is 6.33 Å². The Kier molecular flexibility index (Phi) is 3.99. The van der Waals surface area contributed by atoms with Crippen LogP contribution in [0.4, 0.5) is 5.69 Å². The largest absolute Gasteiger partial charge is 0.492 e. The van der Waals surface area contributed by atoms with Gasteiger partial charge in [0.2, 0.25) is 0 Å². The fraction of sp³-hybridized carbons (Fsp3) is 0.154. The Morgan fingerprint density at radius 2 is 2.15 bits per heavy atom. The fourth-order valence-electron chi connectivity index (χ4n) is 1.66. The summed E-state index contributed by atoms with van der Waals surface area (Å²) in [7, 11) is 0. The van der Waals surface area contributed by atoms with Crippen LogP contribution in [0.2, 0.25) is 0 Å². The molecule has 0 spiro atoms. The lowest BCUT2D eigenvalue weighted by molar-refractivity contribution is 0.0686. The summed E-state index contributed by atoms with van der Waals surface area (Å²) in [5.74, 6) is -1.35. The number of hydrogen-bond donors (Lipinski definition) is 3. The smallest absolute Gasteiger partial charge is 0.354 e. The molecule has 2 aromatic rings. The topological polar surface area (TPSA) is 104 Å². The standard InChI is InChI=1S/C13H13N3O4/c1-2-20-9-6-4-3-5-8(9)16-12(17)10-11(13(18)19)15-7-14-10/h3-7H,2H2,1H3,(H,14,15)(H,16,17)(H,18,19). The average molecular weight is 275 g/mol. The molecular weight excluding hydrogens is 262 g/mol. The first kappa shape index (κ1) is 13.6. The van der Waals surface area contributed by atoms with Crippen LogP contribution in [0.5, 0.6) is 5.75 Å². The highest BCUT2D eigenvalue weighted by Gasteiger charge is 2.20. The van der Waals surface area contributed by atoms with Gasteiger partial charge in [-0.25, -0.2) is 9.78 Å². The van der Waals surface area contributed by atoms with Crippen molar-refractivity contribution in [1.82, 2.24) is 9.97 Å². The maximum atomic E-state index is 12.0. The minimum absolute atomic E-state index is 0.177. The van der Waals surface area contributed by atoms with Crippen molar-refractivity contribution in [3.8, 4) is 5.75 Å². The maximum absolute atomic E-state index is 12.0. The Morgan fingerprint density at radius 1 is 1.40 bits per heavy atom. The number of carbonyl (C=O) groups is 2. The summed E-state index contributed by atoms with van der Waals surface area (Å²) in [6, 6.07) is 6.89. The van der Waals surface area contributed by atoms with Gasteiger partial charge < -0.3 is 20.1 Å². The van der Waals surface area contributed by atoms with E-state index in [2.05, 4.69) is 15.3 Å². The van der Waals surface area contributed by atoms with Gasteiger partial charge in [0.25, 0.3) is 5.91 Å². The van der Waals surface area contributed by atoms with Crippen molar-refractivity contribution in [1.29, 1.82) is 0 Å². The second-order valence-corrected chi connectivity index (χ2v) is 3.81. The van der Waals surface area contributed by atoms with Gasteiger partial charge in [-0.05, 0) is 19.1 Å². The summed E-state index contributed by atoms with van der Waals surface area (Å²) in [6.45, 7) is 2.28. The van der Waals surface area contributed by atoms with E-state index in [-0.39, 0.29) is 11.4 Å². The first-order valence-electron chi connectivity index (χ1n) is 5.93. The number of nitrogens with one attached hydrogen (secondary N) is 2. The van der Waals surface area contributed by atoms with Crippen LogP contribution in [0.3, 0.4) is 0 Å². The van der Waals surface area contributed by atoms with Gasteiger partial charge in [-0.15, -0.1) is 0 Å². The van der Waals surface area contributed by atoms with Crippen molar-refractivity contribution in [2.75, 3.05) is 11.9 Å². The zero-order valence-electron chi connectivity index (χ0n) is 10.7. The van der Waals surface area contributed by atoms with Crippen molar-refractivity contribution in [2.24, 2.45) is 0 Å². The van der Waals surface area contributed by atoms with Crippen LogP contribution in [-0.2, 0) is 0 Å².